The van der Waals surface area contributed by atoms with Crippen molar-refractivity contribution < 1.29 is 0 Å². The molecule has 0 aliphatic carbocycles. The number of allylic oxidation sites excluding steroid dienone is 2. The first-order valence-electron chi connectivity index (χ1n) is 10.3. The quantitative estimate of drug-likeness (QED) is 0.677. The van der Waals surface area contributed by atoms with Crippen molar-refractivity contribution in [3.63, 3.8) is 0 Å². The lowest BCUT2D eigenvalue weighted by atomic mass is 10.2. The van der Waals surface area contributed by atoms with Gasteiger partial charge in [0.2, 0.25) is 0 Å². The van der Waals surface area contributed by atoms with Crippen LogP contribution in [0.15, 0.2) is 63.1 Å². The van der Waals surface area contributed by atoms with E-state index in [4.69, 9.17) is 9.98 Å². The van der Waals surface area contributed by atoms with E-state index in [1.807, 2.05) is 12.4 Å². The Labute approximate surface area is 170 Å². The Morgan fingerprint density at radius 2 is 1.86 bits per heavy atom. The molecule has 0 amide bonds. The fourth-order valence-corrected chi connectivity index (χ4v) is 2.91. The van der Waals surface area contributed by atoms with Crippen molar-refractivity contribution in [1.29, 1.82) is 0 Å². The van der Waals surface area contributed by atoms with E-state index in [1.54, 1.807) is 0 Å². The Morgan fingerprint density at radius 3 is 2.43 bits per heavy atom. The van der Waals surface area contributed by atoms with Crippen LogP contribution in [0.3, 0.4) is 0 Å². The summed E-state index contributed by atoms with van der Waals surface area (Å²) in [7, 11) is 2.08. The van der Waals surface area contributed by atoms with Crippen LogP contribution in [-0.2, 0) is 0 Å². The molecule has 1 heterocycles. The van der Waals surface area contributed by atoms with E-state index in [1.165, 1.54) is 5.57 Å². The Kier molecular flexibility index (Phi) is 7.85. The van der Waals surface area contributed by atoms with Crippen LogP contribution in [0.4, 0.5) is 5.69 Å². The van der Waals surface area contributed by atoms with Crippen LogP contribution in [0.25, 0.3) is 0 Å². The van der Waals surface area contributed by atoms with Gasteiger partial charge in [0.1, 0.15) is 11.5 Å². The van der Waals surface area contributed by atoms with Crippen LogP contribution < -0.4 is 10.2 Å². The Hall–Kier alpha value is -2.56. The molecule has 28 heavy (non-hydrogen) atoms. The molecular formula is C23H35N5. The lowest BCUT2D eigenvalue weighted by Crippen LogP contribution is -2.34. The van der Waals surface area contributed by atoms with Crippen LogP contribution >= 0.6 is 0 Å². The smallest absolute Gasteiger partial charge is 0.164 e. The van der Waals surface area contributed by atoms with Crippen molar-refractivity contribution in [2.75, 3.05) is 18.5 Å². The zero-order valence-corrected chi connectivity index (χ0v) is 18.5. The van der Waals surface area contributed by atoms with Gasteiger partial charge in [0.25, 0.3) is 0 Å². The molecule has 0 saturated heterocycles. The molecule has 1 aliphatic heterocycles. The SMILES string of the molecule is CCCNC(/N=C1\C(=C(/C)N(C)c2ccccc2)N=CN1C(C)C)=C(/C)CC. The van der Waals surface area contributed by atoms with Gasteiger partial charge in [0.15, 0.2) is 5.84 Å². The van der Waals surface area contributed by atoms with E-state index in [9.17, 15) is 0 Å². The predicted octanol–water partition coefficient (Wildman–Crippen LogP) is 5.15. The van der Waals surface area contributed by atoms with Crippen molar-refractivity contribution >= 4 is 17.9 Å². The highest BCUT2D eigenvalue weighted by molar-refractivity contribution is 6.10. The van der Waals surface area contributed by atoms with Crippen LogP contribution in [0.2, 0.25) is 0 Å². The van der Waals surface area contributed by atoms with Gasteiger partial charge in [-0.1, -0.05) is 32.0 Å². The molecule has 0 fully saturated rings. The van der Waals surface area contributed by atoms with Crippen molar-refractivity contribution in [3.05, 3.63) is 53.1 Å². The summed E-state index contributed by atoms with van der Waals surface area (Å²) < 4.78 is 0. The molecular weight excluding hydrogens is 346 g/mol. The summed E-state index contributed by atoms with van der Waals surface area (Å²) in [6.07, 6.45) is 3.93. The summed E-state index contributed by atoms with van der Waals surface area (Å²) in [5, 5.41) is 3.50. The highest BCUT2D eigenvalue weighted by Gasteiger charge is 2.26. The summed E-state index contributed by atoms with van der Waals surface area (Å²) >= 11 is 0. The third-order valence-electron chi connectivity index (χ3n) is 5.01. The van der Waals surface area contributed by atoms with E-state index in [2.05, 4.69) is 88.0 Å². The third-order valence-corrected chi connectivity index (χ3v) is 5.01. The molecule has 0 aromatic heterocycles. The van der Waals surface area contributed by atoms with Crippen LogP contribution in [0, 0.1) is 0 Å². The first kappa shape index (κ1) is 21.7. The van der Waals surface area contributed by atoms with Crippen molar-refractivity contribution in [2.45, 2.75) is 60.4 Å². The second kappa shape index (κ2) is 10.1. The van der Waals surface area contributed by atoms with Crippen LogP contribution in [0.1, 0.15) is 54.4 Å². The summed E-state index contributed by atoms with van der Waals surface area (Å²) in [5.74, 6) is 1.87. The topological polar surface area (TPSA) is 43.2 Å². The molecule has 0 bridgehead atoms. The Morgan fingerprint density at radius 1 is 1.18 bits per heavy atom. The third kappa shape index (κ3) is 5.03. The van der Waals surface area contributed by atoms with Crippen LogP contribution in [0.5, 0.6) is 0 Å². The van der Waals surface area contributed by atoms with Crippen molar-refractivity contribution in [3.8, 4) is 0 Å². The van der Waals surface area contributed by atoms with Gasteiger partial charge in [0, 0.05) is 31.0 Å². The fourth-order valence-electron chi connectivity index (χ4n) is 2.91. The fraction of sp³-hybridized carbons (Fsp3) is 0.478. The van der Waals surface area contributed by atoms with E-state index in [0.717, 1.165) is 48.1 Å². The molecule has 152 valence electrons. The molecule has 5 heteroatoms. The minimum absolute atomic E-state index is 0.282. The van der Waals surface area contributed by atoms with Crippen molar-refractivity contribution in [1.82, 2.24) is 10.2 Å². The number of hydrogen-bond acceptors (Lipinski definition) is 4. The summed E-state index contributed by atoms with van der Waals surface area (Å²) in [4.78, 5) is 14.1. The maximum atomic E-state index is 5.07. The zero-order chi connectivity index (χ0) is 20.7. The number of amidine groups is 1. The molecule has 0 atom stereocenters. The van der Waals surface area contributed by atoms with Gasteiger partial charge in [-0.3, -0.25) is 0 Å². The van der Waals surface area contributed by atoms with Gasteiger partial charge in [-0.15, -0.1) is 0 Å². The van der Waals surface area contributed by atoms with Gasteiger partial charge in [-0.05, 0) is 58.2 Å². The summed E-state index contributed by atoms with van der Waals surface area (Å²) in [6.45, 7) is 13.8. The molecule has 0 unspecified atom stereocenters. The number of benzene rings is 1. The molecule has 0 spiro atoms. The largest absolute Gasteiger partial charge is 0.370 e. The Balaban J connectivity index is 2.52. The number of aliphatic imine (C=N–C) groups is 2. The van der Waals surface area contributed by atoms with Crippen LogP contribution in [-0.4, -0.2) is 36.7 Å². The zero-order valence-electron chi connectivity index (χ0n) is 18.5. The molecule has 0 radical (unpaired) electrons. The van der Waals surface area contributed by atoms with Gasteiger partial charge in [-0.25, -0.2) is 9.98 Å². The number of nitrogens with one attached hydrogen (secondary N) is 1. The Bertz CT molecular complexity index is 771. The summed E-state index contributed by atoms with van der Waals surface area (Å²) in [6, 6.07) is 10.6. The average Bonchev–Trinajstić information content (AvgIpc) is 3.13. The average molecular weight is 382 g/mol. The van der Waals surface area contributed by atoms with Crippen molar-refractivity contribution in [2.24, 2.45) is 9.98 Å². The first-order chi connectivity index (χ1) is 13.4. The van der Waals surface area contributed by atoms with E-state index in [0.29, 0.717) is 0 Å². The lowest BCUT2D eigenvalue weighted by molar-refractivity contribution is 0.519. The number of anilines is 1. The van der Waals surface area contributed by atoms with Gasteiger partial charge in [-0.2, -0.15) is 0 Å². The minimum atomic E-state index is 0.282. The normalized spacial score (nSPS) is 18.0. The van der Waals surface area contributed by atoms with E-state index < -0.39 is 0 Å². The van der Waals surface area contributed by atoms with E-state index in [-0.39, 0.29) is 6.04 Å². The second-order valence-corrected chi connectivity index (χ2v) is 7.42. The number of rotatable bonds is 8. The number of para-hydroxylation sites is 1. The number of nitrogens with zero attached hydrogens (tertiary/aromatic N) is 4. The first-order valence-corrected chi connectivity index (χ1v) is 10.3. The number of hydrogen-bond donors (Lipinski definition) is 1. The predicted molar refractivity (Wildman–Crippen MR) is 122 cm³/mol. The minimum Gasteiger partial charge on any atom is -0.370 e. The molecule has 2 rings (SSSR count). The second-order valence-electron chi connectivity index (χ2n) is 7.42. The molecule has 1 aromatic carbocycles. The maximum absolute atomic E-state index is 5.07. The highest BCUT2D eigenvalue weighted by Crippen LogP contribution is 2.25. The molecule has 0 saturated carbocycles. The molecule has 5 nitrogen and oxygen atoms in total. The molecule has 1 aliphatic rings. The lowest BCUT2D eigenvalue weighted by Gasteiger charge is -2.25. The molecule has 1 N–H and O–H groups in total. The standard InChI is InChI=1S/C23H35N5/c1-8-15-24-22(18(5)9-2)26-23-21(25-16-28(23)17(3)4)19(6)27(7)20-13-11-10-12-14-20/h10-14,16-17,24H,8-9,15H2,1-7H3/b21-19-,22-18+,26-23+. The summed E-state index contributed by atoms with van der Waals surface area (Å²) in [5.41, 5.74) is 4.38. The van der Waals surface area contributed by atoms with Gasteiger partial charge < -0.3 is 15.1 Å². The monoisotopic (exact) mass is 381 g/mol. The van der Waals surface area contributed by atoms with Gasteiger partial charge in [0.05, 0.1) is 6.34 Å². The maximum Gasteiger partial charge on any atom is 0.164 e. The van der Waals surface area contributed by atoms with E-state index >= 15 is 0 Å². The highest BCUT2D eigenvalue weighted by atomic mass is 15.3. The molecule has 1 aromatic rings. The van der Waals surface area contributed by atoms with Gasteiger partial charge >= 0.3 is 0 Å².